The van der Waals surface area contributed by atoms with E-state index in [9.17, 15) is 4.79 Å². The molecular weight excluding hydrogens is 162 g/mol. The van der Waals surface area contributed by atoms with Crippen molar-refractivity contribution in [3.05, 3.63) is 0 Å². The van der Waals surface area contributed by atoms with E-state index < -0.39 is 0 Å². The van der Waals surface area contributed by atoms with Gasteiger partial charge in [-0.1, -0.05) is 0 Å². The Labute approximate surface area is 72.3 Å². The lowest BCUT2D eigenvalue weighted by Gasteiger charge is -2.21. The van der Waals surface area contributed by atoms with Gasteiger partial charge in [-0.2, -0.15) is 0 Å². The van der Waals surface area contributed by atoms with Gasteiger partial charge in [-0.25, -0.2) is 0 Å². The molecule has 0 aromatic heterocycles. The van der Waals surface area contributed by atoms with E-state index in [-0.39, 0.29) is 11.7 Å². The fourth-order valence-corrected chi connectivity index (χ4v) is 1.57. The molecule has 1 N–H and O–H groups in total. The zero-order valence-corrected chi connectivity index (χ0v) is 7.36. The number of Topliss-reactive ketones (excluding diaryl/α,β-unsaturated/α-hetero) is 1. The fraction of sp³-hybridized carbons (Fsp3) is 0.875. The Hall–Kier alpha value is -0.0800. The maximum absolute atomic E-state index is 10.9. The van der Waals surface area contributed by atoms with Crippen LogP contribution >= 0.6 is 11.6 Å². The average Bonchev–Trinajstić information content (AvgIpc) is 2.06. The van der Waals surface area contributed by atoms with Gasteiger partial charge in [0.15, 0.2) is 0 Å². The largest absolute Gasteiger partial charge is 0.317 e. The maximum Gasteiger partial charge on any atom is 0.147 e. The van der Waals surface area contributed by atoms with E-state index in [4.69, 9.17) is 11.6 Å². The monoisotopic (exact) mass is 175 g/mol. The molecule has 3 heteroatoms. The smallest absolute Gasteiger partial charge is 0.147 e. The lowest BCUT2D eigenvalue weighted by Crippen LogP contribution is -2.29. The van der Waals surface area contributed by atoms with Crippen LogP contribution in [0.15, 0.2) is 0 Å². The lowest BCUT2D eigenvalue weighted by molar-refractivity contribution is -0.117. The molecule has 0 bridgehead atoms. The second-order valence-electron chi connectivity index (χ2n) is 3.07. The maximum atomic E-state index is 10.9. The zero-order valence-electron chi connectivity index (χ0n) is 6.61. The second-order valence-corrected chi connectivity index (χ2v) is 3.34. The Bertz CT molecular complexity index is 132. The van der Waals surface area contributed by atoms with E-state index in [1.54, 1.807) is 0 Å². The molecule has 0 amide bonds. The summed E-state index contributed by atoms with van der Waals surface area (Å²) in [6.45, 7) is 2.11. The molecule has 0 aromatic carbocycles. The van der Waals surface area contributed by atoms with Gasteiger partial charge in [-0.3, -0.25) is 4.79 Å². The number of hydrogen-bond donors (Lipinski definition) is 1. The molecule has 1 heterocycles. The number of hydrogen-bond acceptors (Lipinski definition) is 2. The summed E-state index contributed by atoms with van der Waals surface area (Å²) in [4.78, 5) is 10.9. The first-order valence-electron chi connectivity index (χ1n) is 4.11. The van der Waals surface area contributed by atoms with Crippen LogP contribution in [0.2, 0.25) is 0 Å². The van der Waals surface area contributed by atoms with Crippen molar-refractivity contribution in [3.63, 3.8) is 0 Å². The Morgan fingerprint density at radius 3 is 2.64 bits per heavy atom. The highest BCUT2D eigenvalue weighted by Gasteiger charge is 2.15. The molecular formula is C8H14ClNO. The van der Waals surface area contributed by atoms with Crippen LogP contribution in [-0.4, -0.2) is 24.8 Å². The minimum Gasteiger partial charge on any atom is -0.317 e. The minimum absolute atomic E-state index is 0.184. The van der Waals surface area contributed by atoms with Crippen molar-refractivity contribution >= 4 is 17.4 Å². The van der Waals surface area contributed by atoms with Gasteiger partial charge in [0.2, 0.25) is 0 Å². The number of carbonyl (C=O) groups excluding carboxylic acids is 1. The molecule has 1 fully saturated rings. The summed E-state index contributed by atoms with van der Waals surface area (Å²) in [7, 11) is 0. The van der Waals surface area contributed by atoms with Crippen LogP contribution in [0.3, 0.4) is 0 Å². The highest BCUT2D eigenvalue weighted by molar-refractivity contribution is 6.27. The molecule has 2 nitrogen and oxygen atoms in total. The average molecular weight is 176 g/mol. The quantitative estimate of drug-likeness (QED) is 0.653. The highest BCUT2D eigenvalue weighted by atomic mass is 35.5. The third kappa shape index (κ3) is 3.21. The summed E-state index contributed by atoms with van der Waals surface area (Å²) in [5.41, 5.74) is 0. The van der Waals surface area contributed by atoms with E-state index in [1.165, 1.54) is 0 Å². The third-order valence-electron chi connectivity index (χ3n) is 2.12. The van der Waals surface area contributed by atoms with Crippen LogP contribution < -0.4 is 5.32 Å². The van der Waals surface area contributed by atoms with Crippen molar-refractivity contribution in [2.45, 2.75) is 19.3 Å². The van der Waals surface area contributed by atoms with E-state index in [0.717, 1.165) is 25.9 Å². The van der Waals surface area contributed by atoms with Crippen LogP contribution in [0.4, 0.5) is 0 Å². The van der Waals surface area contributed by atoms with Crippen molar-refractivity contribution in [3.8, 4) is 0 Å². The van der Waals surface area contributed by atoms with Crippen LogP contribution in [0.5, 0.6) is 0 Å². The predicted octanol–water partition coefficient (Wildman–Crippen LogP) is 1.18. The molecule has 0 saturated carbocycles. The summed E-state index contributed by atoms with van der Waals surface area (Å²) in [5.74, 6) is 0.963. The van der Waals surface area contributed by atoms with Crippen LogP contribution in [0.25, 0.3) is 0 Å². The summed E-state index contributed by atoms with van der Waals surface area (Å²) in [6.07, 6.45) is 2.94. The van der Waals surface area contributed by atoms with Crippen molar-refractivity contribution < 1.29 is 4.79 Å². The van der Waals surface area contributed by atoms with Crippen LogP contribution in [0, 0.1) is 5.92 Å². The van der Waals surface area contributed by atoms with Gasteiger partial charge in [-0.15, -0.1) is 11.6 Å². The van der Waals surface area contributed by atoms with Gasteiger partial charge >= 0.3 is 0 Å². The minimum atomic E-state index is 0.184. The molecule has 0 radical (unpaired) electrons. The zero-order chi connectivity index (χ0) is 8.10. The molecule has 0 aromatic rings. The number of rotatable bonds is 3. The first-order chi connectivity index (χ1) is 5.33. The molecule has 0 atom stereocenters. The van der Waals surface area contributed by atoms with Crippen molar-refractivity contribution in [2.75, 3.05) is 19.0 Å². The Morgan fingerprint density at radius 2 is 2.09 bits per heavy atom. The molecule has 1 aliphatic rings. The summed E-state index contributed by atoms with van der Waals surface area (Å²) >= 11 is 5.41. The Balaban J connectivity index is 2.19. The number of ketones is 1. The fourth-order valence-electron chi connectivity index (χ4n) is 1.46. The topological polar surface area (TPSA) is 29.1 Å². The van der Waals surface area contributed by atoms with E-state index >= 15 is 0 Å². The van der Waals surface area contributed by atoms with Gasteiger partial charge in [0.1, 0.15) is 5.78 Å². The number of alkyl halides is 1. The van der Waals surface area contributed by atoms with Crippen LogP contribution in [-0.2, 0) is 4.79 Å². The second kappa shape index (κ2) is 4.73. The van der Waals surface area contributed by atoms with Gasteiger partial charge in [0.25, 0.3) is 0 Å². The molecule has 11 heavy (non-hydrogen) atoms. The molecule has 0 aliphatic carbocycles. The summed E-state index contributed by atoms with van der Waals surface area (Å²) < 4.78 is 0. The summed E-state index contributed by atoms with van der Waals surface area (Å²) in [5, 5.41) is 3.26. The van der Waals surface area contributed by atoms with Crippen molar-refractivity contribution in [2.24, 2.45) is 5.92 Å². The SMILES string of the molecule is O=C(CCl)CC1CCNCC1. The van der Waals surface area contributed by atoms with E-state index in [1.807, 2.05) is 0 Å². The Morgan fingerprint density at radius 1 is 1.45 bits per heavy atom. The number of carbonyl (C=O) groups is 1. The normalized spacial score (nSPS) is 20.1. The van der Waals surface area contributed by atoms with Crippen molar-refractivity contribution in [1.29, 1.82) is 0 Å². The Kier molecular flexibility index (Phi) is 3.87. The molecule has 64 valence electrons. The van der Waals surface area contributed by atoms with E-state index in [0.29, 0.717) is 12.3 Å². The summed E-state index contributed by atoms with van der Waals surface area (Å²) in [6, 6.07) is 0. The van der Waals surface area contributed by atoms with Crippen LogP contribution in [0.1, 0.15) is 19.3 Å². The number of piperidine rings is 1. The van der Waals surface area contributed by atoms with Gasteiger partial charge < -0.3 is 5.32 Å². The van der Waals surface area contributed by atoms with Gasteiger partial charge in [-0.05, 0) is 31.8 Å². The standard InChI is InChI=1S/C8H14ClNO/c9-6-8(11)5-7-1-3-10-4-2-7/h7,10H,1-6H2. The van der Waals surface area contributed by atoms with Gasteiger partial charge in [0.05, 0.1) is 5.88 Å². The third-order valence-corrected chi connectivity index (χ3v) is 2.42. The molecule has 1 rings (SSSR count). The molecule has 0 unspecified atom stereocenters. The molecule has 1 saturated heterocycles. The lowest BCUT2D eigenvalue weighted by atomic mass is 9.93. The molecule has 1 aliphatic heterocycles. The highest BCUT2D eigenvalue weighted by Crippen LogP contribution is 2.16. The predicted molar refractivity (Wildman–Crippen MR) is 45.9 cm³/mol. The van der Waals surface area contributed by atoms with E-state index in [2.05, 4.69) is 5.32 Å². The van der Waals surface area contributed by atoms with Crippen molar-refractivity contribution in [1.82, 2.24) is 5.32 Å². The van der Waals surface area contributed by atoms with Gasteiger partial charge in [0, 0.05) is 6.42 Å². The number of halogens is 1. The molecule has 0 spiro atoms. The first-order valence-corrected chi connectivity index (χ1v) is 4.64. The number of nitrogens with one attached hydrogen (secondary N) is 1. The first kappa shape index (κ1) is 9.01.